The standard InChI is InChI=1S/C17H26N2O/c18-13-4-3-5-15(12-13)19-14-8-10-17(11-9-14)20-16-6-1-2-7-16/h8-11,13,15-16,19H,1-7,12,18H2. The lowest BCUT2D eigenvalue weighted by Gasteiger charge is -2.28. The summed E-state index contributed by atoms with van der Waals surface area (Å²) in [5, 5.41) is 3.60. The van der Waals surface area contributed by atoms with Crippen LogP contribution in [0, 0.1) is 0 Å². The molecule has 2 atom stereocenters. The van der Waals surface area contributed by atoms with E-state index < -0.39 is 0 Å². The van der Waals surface area contributed by atoms with E-state index in [-0.39, 0.29) is 0 Å². The molecule has 20 heavy (non-hydrogen) atoms. The number of hydrogen-bond donors (Lipinski definition) is 2. The van der Waals surface area contributed by atoms with Crippen molar-refractivity contribution in [2.45, 2.75) is 69.6 Å². The number of ether oxygens (including phenoxy) is 1. The Hall–Kier alpha value is -1.22. The van der Waals surface area contributed by atoms with Crippen LogP contribution in [0.3, 0.4) is 0 Å². The molecule has 1 aromatic carbocycles. The van der Waals surface area contributed by atoms with Crippen molar-refractivity contribution in [3.8, 4) is 5.75 Å². The van der Waals surface area contributed by atoms with E-state index in [1.807, 2.05) is 0 Å². The maximum absolute atomic E-state index is 6.03. The molecule has 2 aliphatic carbocycles. The second kappa shape index (κ2) is 6.49. The summed E-state index contributed by atoms with van der Waals surface area (Å²) in [6.07, 6.45) is 10.2. The Morgan fingerprint density at radius 3 is 2.40 bits per heavy atom. The zero-order valence-corrected chi connectivity index (χ0v) is 12.2. The Kier molecular flexibility index (Phi) is 4.46. The molecule has 0 aromatic heterocycles. The summed E-state index contributed by atoms with van der Waals surface area (Å²) in [6.45, 7) is 0. The van der Waals surface area contributed by atoms with E-state index in [0.29, 0.717) is 18.2 Å². The van der Waals surface area contributed by atoms with Gasteiger partial charge in [0.15, 0.2) is 0 Å². The van der Waals surface area contributed by atoms with Gasteiger partial charge < -0.3 is 15.8 Å². The SMILES string of the molecule is NC1CCCC(Nc2ccc(OC3CCCC3)cc2)C1. The summed E-state index contributed by atoms with van der Waals surface area (Å²) in [4.78, 5) is 0. The molecule has 2 fully saturated rings. The number of nitrogens with one attached hydrogen (secondary N) is 1. The zero-order valence-electron chi connectivity index (χ0n) is 12.2. The highest BCUT2D eigenvalue weighted by Gasteiger charge is 2.19. The van der Waals surface area contributed by atoms with Crippen LogP contribution in [0.5, 0.6) is 5.75 Å². The monoisotopic (exact) mass is 274 g/mol. The topological polar surface area (TPSA) is 47.3 Å². The van der Waals surface area contributed by atoms with E-state index >= 15 is 0 Å². The van der Waals surface area contributed by atoms with Crippen LogP contribution in [0.25, 0.3) is 0 Å². The molecule has 1 aromatic rings. The average Bonchev–Trinajstić information content (AvgIpc) is 2.94. The molecule has 3 heteroatoms. The second-order valence-electron chi connectivity index (χ2n) is 6.32. The quantitative estimate of drug-likeness (QED) is 0.880. The van der Waals surface area contributed by atoms with Gasteiger partial charge in [-0.25, -0.2) is 0 Å². The van der Waals surface area contributed by atoms with Gasteiger partial charge >= 0.3 is 0 Å². The molecule has 3 nitrogen and oxygen atoms in total. The molecule has 2 aliphatic rings. The third kappa shape index (κ3) is 3.66. The third-order valence-corrected chi connectivity index (χ3v) is 4.54. The smallest absolute Gasteiger partial charge is 0.119 e. The number of benzene rings is 1. The first-order valence-corrected chi connectivity index (χ1v) is 8.08. The van der Waals surface area contributed by atoms with Gasteiger partial charge in [-0.1, -0.05) is 0 Å². The second-order valence-corrected chi connectivity index (χ2v) is 6.32. The lowest BCUT2D eigenvalue weighted by atomic mass is 9.91. The molecule has 0 amide bonds. The van der Waals surface area contributed by atoms with Gasteiger partial charge in [0, 0.05) is 17.8 Å². The highest BCUT2D eigenvalue weighted by atomic mass is 16.5. The minimum Gasteiger partial charge on any atom is -0.490 e. The van der Waals surface area contributed by atoms with E-state index in [0.717, 1.165) is 12.2 Å². The minimum atomic E-state index is 0.367. The molecule has 0 heterocycles. The van der Waals surface area contributed by atoms with Crippen LogP contribution in [-0.4, -0.2) is 18.2 Å². The first-order chi connectivity index (χ1) is 9.79. The van der Waals surface area contributed by atoms with Gasteiger partial charge in [-0.3, -0.25) is 0 Å². The van der Waals surface area contributed by atoms with Crippen molar-refractivity contribution in [1.29, 1.82) is 0 Å². The first-order valence-electron chi connectivity index (χ1n) is 8.08. The summed E-state index contributed by atoms with van der Waals surface area (Å²) < 4.78 is 5.99. The van der Waals surface area contributed by atoms with E-state index in [1.54, 1.807) is 0 Å². The van der Waals surface area contributed by atoms with Crippen molar-refractivity contribution >= 4 is 5.69 Å². The van der Waals surface area contributed by atoms with Gasteiger partial charge in [0.2, 0.25) is 0 Å². The summed E-state index contributed by atoms with van der Waals surface area (Å²) in [6, 6.07) is 9.33. The Balaban J connectivity index is 1.52. The molecule has 3 rings (SSSR count). The van der Waals surface area contributed by atoms with Crippen LogP contribution in [0.4, 0.5) is 5.69 Å². The average molecular weight is 274 g/mol. The highest BCUT2D eigenvalue weighted by molar-refractivity contribution is 5.47. The molecular formula is C17H26N2O. The van der Waals surface area contributed by atoms with E-state index in [9.17, 15) is 0 Å². The summed E-state index contributed by atoms with van der Waals surface area (Å²) >= 11 is 0. The Labute approximate surface area is 121 Å². The van der Waals surface area contributed by atoms with Crippen LogP contribution in [-0.2, 0) is 0 Å². The van der Waals surface area contributed by atoms with Crippen LogP contribution in [0.15, 0.2) is 24.3 Å². The number of rotatable bonds is 4. The fourth-order valence-electron chi connectivity index (χ4n) is 3.42. The largest absolute Gasteiger partial charge is 0.490 e. The van der Waals surface area contributed by atoms with Crippen LogP contribution in [0.1, 0.15) is 51.4 Å². The molecular weight excluding hydrogens is 248 g/mol. The Bertz CT molecular complexity index is 412. The van der Waals surface area contributed by atoms with Crippen molar-refractivity contribution in [1.82, 2.24) is 0 Å². The van der Waals surface area contributed by atoms with Crippen molar-refractivity contribution in [3.63, 3.8) is 0 Å². The van der Waals surface area contributed by atoms with Crippen LogP contribution >= 0.6 is 0 Å². The molecule has 110 valence electrons. The van der Waals surface area contributed by atoms with Crippen LogP contribution in [0.2, 0.25) is 0 Å². The van der Waals surface area contributed by atoms with Gasteiger partial charge in [0.1, 0.15) is 5.75 Å². The Morgan fingerprint density at radius 1 is 0.950 bits per heavy atom. The maximum Gasteiger partial charge on any atom is 0.119 e. The zero-order chi connectivity index (χ0) is 13.8. The molecule has 0 spiro atoms. The number of anilines is 1. The summed E-state index contributed by atoms with van der Waals surface area (Å²) in [5.41, 5.74) is 7.22. The lowest BCUT2D eigenvalue weighted by molar-refractivity contribution is 0.210. The van der Waals surface area contributed by atoms with Gasteiger partial charge in [-0.05, 0) is 75.6 Å². The third-order valence-electron chi connectivity index (χ3n) is 4.54. The van der Waals surface area contributed by atoms with Crippen molar-refractivity contribution in [2.75, 3.05) is 5.32 Å². The number of nitrogens with two attached hydrogens (primary N) is 1. The Morgan fingerprint density at radius 2 is 1.70 bits per heavy atom. The van der Waals surface area contributed by atoms with Gasteiger partial charge in [0.05, 0.1) is 6.10 Å². The normalized spacial score (nSPS) is 27.4. The van der Waals surface area contributed by atoms with Gasteiger partial charge in [-0.2, -0.15) is 0 Å². The minimum absolute atomic E-state index is 0.367. The van der Waals surface area contributed by atoms with E-state index in [1.165, 1.54) is 50.6 Å². The molecule has 0 saturated heterocycles. The first kappa shape index (κ1) is 13.7. The summed E-state index contributed by atoms with van der Waals surface area (Å²) in [5.74, 6) is 1.00. The fourth-order valence-corrected chi connectivity index (χ4v) is 3.42. The molecule has 2 saturated carbocycles. The highest BCUT2D eigenvalue weighted by Crippen LogP contribution is 2.26. The van der Waals surface area contributed by atoms with E-state index in [2.05, 4.69) is 29.6 Å². The number of hydrogen-bond acceptors (Lipinski definition) is 3. The summed E-state index contributed by atoms with van der Waals surface area (Å²) in [7, 11) is 0. The molecule has 3 N–H and O–H groups in total. The van der Waals surface area contributed by atoms with Crippen molar-refractivity contribution in [3.05, 3.63) is 24.3 Å². The van der Waals surface area contributed by atoms with Gasteiger partial charge in [-0.15, -0.1) is 0 Å². The maximum atomic E-state index is 6.03. The predicted octanol–water partition coefficient (Wildman–Crippen LogP) is 3.69. The van der Waals surface area contributed by atoms with Crippen molar-refractivity contribution < 1.29 is 4.74 Å². The van der Waals surface area contributed by atoms with Gasteiger partial charge in [0.25, 0.3) is 0 Å². The molecule has 0 radical (unpaired) electrons. The fraction of sp³-hybridized carbons (Fsp3) is 0.647. The molecule has 2 unspecified atom stereocenters. The van der Waals surface area contributed by atoms with Crippen molar-refractivity contribution in [2.24, 2.45) is 5.73 Å². The molecule has 0 bridgehead atoms. The predicted molar refractivity (Wildman–Crippen MR) is 83.2 cm³/mol. The van der Waals surface area contributed by atoms with E-state index in [4.69, 9.17) is 10.5 Å². The van der Waals surface area contributed by atoms with Crippen LogP contribution < -0.4 is 15.8 Å². The lowest BCUT2D eigenvalue weighted by Crippen LogP contribution is -2.34. The molecule has 0 aliphatic heterocycles.